The first-order valence-corrected chi connectivity index (χ1v) is 14.0. The van der Waals surface area contributed by atoms with Crippen molar-refractivity contribution in [2.24, 2.45) is 5.41 Å². The van der Waals surface area contributed by atoms with E-state index in [1.807, 2.05) is 0 Å². The molecule has 0 amide bonds. The van der Waals surface area contributed by atoms with Gasteiger partial charge in [-0.15, -0.1) is 0 Å². The van der Waals surface area contributed by atoms with Crippen LogP contribution in [0.2, 0.25) is 15.1 Å². The number of carbonyl (C=O) groups is 2. The summed E-state index contributed by atoms with van der Waals surface area (Å²) in [6, 6.07) is 2.86. The molecule has 0 radical (unpaired) electrons. The second-order valence-corrected chi connectivity index (χ2v) is 10.1. The molecule has 1 aromatic rings. The Labute approximate surface area is 221 Å². The maximum absolute atomic E-state index is 13.0. The summed E-state index contributed by atoms with van der Waals surface area (Å²) in [5.74, 6) is -1.24. The van der Waals surface area contributed by atoms with Gasteiger partial charge in [-0.3, -0.25) is 9.59 Å². The van der Waals surface area contributed by atoms with Gasteiger partial charge in [-0.2, -0.15) is 0 Å². The molecular formula is C27H41Cl3O4. The number of esters is 2. The maximum Gasteiger partial charge on any atom is 0.328 e. The van der Waals surface area contributed by atoms with Gasteiger partial charge in [-0.1, -0.05) is 126 Å². The lowest BCUT2D eigenvalue weighted by Gasteiger charge is -2.27. The normalized spacial score (nSPS) is 11.5. The summed E-state index contributed by atoms with van der Waals surface area (Å²) in [5, 5.41) is 0.529. The van der Waals surface area contributed by atoms with Gasteiger partial charge in [0.25, 0.3) is 0 Å². The largest absolute Gasteiger partial charge is 0.465 e. The van der Waals surface area contributed by atoms with E-state index in [0.717, 1.165) is 19.3 Å². The fourth-order valence-electron chi connectivity index (χ4n) is 3.96. The Morgan fingerprint density at radius 3 is 1.74 bits per heavy atom. The number of rotatable bonds is 18. The zero-order chi connectivity index (χ0) is 25.4. The number of unbranched alkanes of at least 4 members (excludes halogenated alkanes) is 11. The molecule has 194 valence electrons. The molecule has 1 rings (SSSR count). The van der Waals surface area contributed by atoms with E-state index < -0.39 is 17.4 Å². The Morgan fingerprint density at radius 2 is 1.24 bits per heavy atom. The topological polar surface area (TPSA) is 52.6 Å². The van der Waals surface area contributed by atoms with Crippen molar-refractivity contribution in [1.82, 2.24) is 0 Å². The predicted octanol–water partition coefficient (Wildman–Crippen LogP) is 9.60. The van der Waals surface area contributed by atoms with Crippen LogP contribution in [-0.2, 0) is 14.3 Å². The van der Waals surface area contributed by atoms with Crippen LogP contribution in [0.3, 0.4) is 0 Å². The molecule has 4 nitrogen and oxygen atoms in total. The summed E-state index contributed by atoms with van der Waals surface area (Å²) in [4.78, 5) is 25.8. The van der Waals surface area contributed by atoms with Crippen molar-refractivity contribution >= 4 is 46.7 Å². The summed E-state index contributed by atoms with van der Waals surface area (Å²) in [7, 11) is 0. The Bertz CT molecular complexity index is 748. The molecule has 0 aliphatic carbocycles. The van der Waals surface area contributed by atoms with E-state index in [2.05, 4.69) is 6.92 Å². The minimum absolute atomic E-state index is 0.0317. The van der Waals surface area contributed by atoms with Crippen molar-refractivity contribution in [3.63, 3.8) is 0 Å². The molecule has 0 N–H and O–H groups in total. The minimum atomic E-state index is -1.39. The van der Waals surface area contributed by atoms with Crippen LogP contribution in [0.4, 0.5) is 0 Å². The van der Waals surface area contributed by atoms with Gasteiger partial charge in [0.2, 0.25) is 0 Å². The average Bonchev–Trinajstić information content (AvgIpc) is 2.81. The van der Waals surface area contributed by atoms with Crippen molar-refractivity contribution < 1.29 is 19.1 Å². The molecule has 0 aromatic heterocycles. The summed E-state index contributed by atoms with van der Waals surface area (Å²) < 4.78 is 10.9. The first kappa shape index (κ1) is 31.1. The third-order valence-electron chi connectivity index (χ3n) is 6.38. The SMILES string of the molecule is CCCCCCCCCCCCCCOC(=O)C(CC)(CC)C(=O)Oc1cc(Cl)cc(Cl)c1Cl. The van der Waals surface area contributed by atoms with Crippen molar-refractivity contribution in [3.8, 4) is 5.75 Å². The smallest absolute Gasteiger partial charge is 0.328 e. The molecule has 0 aliphatic heterocycles. The van der Waals surface area contributed by atoms with Gasteiger partial charge < -0.3 is 9.47 Å². The highest BCUT2D eigenvalue weighted by atomic mass is 35.5. The third-order valence-corrected chi connectivity index (χ3v) is 7.38. The maximum atomic E-state index is 13.0. The van der Waals surface area contributed by atoms with Crippen molar-refractivity contribution in [2.75, 3.05) is 6.61 Å². The number of hydrogen-bond acceptors (Lipinski definition) is 4. The second-order valence-electron chi connectivity index (χ2n) is 8.90. The first-order valence-electron chi connectivity index (χ1n) is 12.9. The van der Waals surface area contributed by atoms with Crippen LogP contribution in [0.5, 0.6) is 5.75 Å². The Morgan fingerprint density at radius 1 is 0.735 bits per heavy atom. The van der Waals surface area contributed by atoms with E-state index in [1.165, 1.54) is 69.9 Å². The van der Waals surface area contributed by atoms with Gasteiger partial charge in [0.1, 0.15) is 5.02 Å². The van der Waals surface area contributed by atoms with E-state index in [1.54, 1.807) is 13.8 Å². The van der Waals surface area contributed by atoms with Gasteiger partial charge in [-0.05, 0) is 25.3 Å². The highest BCUT2D eigenvalue weighted by Crippen LogP contribution is 2.38. The molecule has 0 unspecified atom stereocenters. The van der Waals surface area contributed by atoms with Gasteiger partial charge in [0.15, 0.2) is 11.2 Å². The standard InChI is InChI=1S/C27H41Cl3O4/c1-4-7-8-9-10-11-12-13-14-15-16-17-18-33-25(31)27(5-2,6-3)26(32)34-23-20-21(28)19-22(29)24(23)30/h19-20H,4-18H2,1-3H3. The fourth-order valence-corrected chi connectivity index (χ4v) is 4.58. The van der Waals surface area contributed by atoms with Crippen molar-refractivity contribution in [1.29, 1.82) is 0 Å². The molecule has 34 heavy (non-hydrogen) atoms. The molecule has 0 bridgehead atoms. The lowest BCUT2D eigenvalue weighted by molar-refractivity contribution is -0.168. The molecular weight excluding hydrogens is 495 g/mol. The number of halogens is 3. The quantitative estimate of drug-likeness (QED) is 0.0617. The number of benzene rings is 1. The van der Waals surface area contributed by atoms with Crippen LogP contribution in [-0.4, -0.2) is 18.5 Å². The van der Waals surface area contributed by atoms with Crippen LogP contribution in [0.1, 0.15) is 111 Å². The molecule has 0 saturated heterocycles. The molecule has 0 spiro atoms. The zero-order valence-electron chi connectivity index (χ0n) is 21.0. The van der Waals surface area contributed by atoms with Gasteiger partial charge in [0.05, 0.1) is 11.6 Å². The van der Waals surface area contributed by atoms with E-state index in [-0.39, 0.29) is 33.7 Å². The van der Waals surface area contributed by atoms with Crippen LogP contribution < -0.4 is 4.74 Å². The van der Waals surface area contributed by atoms with Crippen LogP contribution >= 0.6 is 34.8 Å². The van der Waals surface area contributed by atoms with Gasteiger partial charge >= 0.3 is 11.9 Å². The highest BCUT2D eigenvalue weighted by Gasteiger charge is 2.46. The van der Waals surface area contributed by atoms with Crippen LogP contribution in [0, 0.1) is 5.41 Å². The average molecular weight is 536 g/mol. The lowest BCUT2D eigenvalue weighted by Crippen LogP contribution is -2.42. The molecule has 0 aliphatic rings. The number of ether oxygens (including phenoxy) is 2. The van der Waals surface area contributed by atoms with E-state index in [4.69, 9.17) is 44.3 Å². The Hall–Kier alpha value is -0.970. The summed E-state index contributed by atoms with van der Waals surface area (Å²) in [5.41, 5.74) is -1.39. The predicted molar refractivity (Wildman–Crippen MR) is 142 cm³/mol. The molecule has 0 atom stereocenters. The second kappa shape index (κ2) is 17.5. The minimum Gasteiger partial charge on any atom is -0.465 e. The summed E-state index contributed by atoms with van der Waals surface area (Å²) >= 11 is 18.1. The molecule has 0 saturated carbocycles. The molecule has 1 aromatic carbocycles. The fraction of sp³-hybridized carbons (Fsp3) is 0.704. The molecule has 0 fully saturated rings. The number of hydrogen-bond donors (Lipinski definition) is 0. The van der Waals surface area contributed by atoms with Crippen LogP contribution in [0.15, 0.2) is 12.1 Å². The first-order chi connectivity index (χ1) is 16.3. The highest BCUT2D eigenvalue weighted by molar-refractivity contribution is 6.44. The molecule has 7 heteroatoms. The van der Waals surface area contributed by atoms with Crippen molar-refractivity contribution in [2.45, 2.75) is 111 Å². The Balaban J connectivity index is 2.38. The summed E-state index contributed by atoms with van der Waals surface area (Å²) in [6.45, 7) is 6.08. The van der Waals surface area contributed by atoms with Gasteiger partial charge in [-0.25, -0.2) is 0 Å². The summed E-state index contributed by atoms with van der Waals surface area (Å²) in [6.07, 6.45) is 15.3. The van der Waals surface area contributed by atoms with E-state index in [0.29, 0.717) is 6.61 Å². The molecule has 0 heterocycles. The van der Waals surface area contributed by atoms with Crippen molar-refractivity contribution in [3.05, 3.63) is 27.2 Å². The number of carbonyl (C=O) groups excluding carboxylic acids is 2. The third kappa shape index (κ3) is 10.3. The monoisotopic (exact) mass is 534 g/mol. The lowest BCUT2D eigenvalue weighted by atomic mass is 9.82. The van der Waals surface area contributed by atoms with Gasteiger partial charge in [0, 0.05) is 11.1 Å². The Kier molecular flexibility index (Phi) is 15.9. The van der Waals surface area contributed by atoms with E-state index in [9.17, 15) is 9.59 Å². The van der Waals surface area contributed by atoms with Crippen LogP contribution in [0.25, 0.3) is 0 Å². The zero-order valence-corrected chi connectivity index (χ0v) is 23.3. The van der Waals surface area contributed by atoms with E-state index >= 15 is 0 Å².